The van der Waals surface area contributed by atoms with Crippen LogP contribution in [0.15, 0.2) is 12.4 Å². The lowest BCUT2D eigenvalue weighted by Crippen LogP contribution is -2.38. The summed E-state index contributed by atoms with van der Waals surface area (Å²) in [6.07, 6.45) is 8.26. The zero-order valence-electron chi connectivity index (χ0n) is 12.8. The third-order valence-corrected chi connectivity index (χ3v) is 3.85. The lowest BCUT2D eigenvalue weighted by Gasteiger charge is -2.28. The second kappa shape index (κ2) is 8.92. The molecule has 0 spiro atoms. The van der Waals surface area contributed by atoms with Crippen LogP contribution in [0.2, 0.25) is 0 Å². The summed E-state index contributed by atoms with van der Waals surface area (Å²) in [5.74, 6) is 0.733. The van der Waals surface area contributed by atoms with Crippen LogP contribution in [0.1, 0.15) is 31.2 Å². The molecule has 1 atom stereocenters. The fourth-order valence-electron chi connectivity index (χ4n) is 2.62. The second-order valence-corrected chi connectivity index (χ2v) is 5.44. The summed E-state index contributed by atoms with van der Waals surface area (Å²) in [6, 6.07) is 0.151. The highest BCUT2D eigenvalue weighted by atomic mass is 16.5. The SMILES string of the molecule is COCCNCc1cnc(N2CCCCCC2CO)nc1. The fourth-order valence-corrected chi connectivity index (χ4v) is 2.62. The number of aliphatic hydroxyl groups is 1. The number of anilines is 1. The van der Waals surface area contributed by atoms with Crippen LogP contribution in [0.4, 0.5) is 5.95 Å². The quantitative estimate of drug-likeness (QED) is 0.730. The summed E-state index contributed by atoms with van der Waals surface area (Å²) in [5, 5.41) is 12.8. The minimum absolute atomic E-state index is 0.151. The molecule has 2 N–H and O–H groups in total. The number of hydrogen-bond donors (Lipinski definition) is 2. The molecule has 21 heavy (non-hydrogen) atoms. The lowest BCUT2D eigenvalue weighted by molar-refractivity contribution is 0.199. The van der Waals surface area contributed by atoms with Crippen molar-refractivity contribution in [3.8, 4) is 0 Å². The van der Waals surface area contributed by atoms with Gasteiger partial charge in [-0.15, -0.1) is 0 Å². The molecule has 1 unspecified atom stereocenters. The Hall–Kier alpha value is -1.24. The number of nitrogens with zero attached hydrogens (tertiary/aromatic N) is 3. The zero-order valence-corrected chi connectivity index (χ0v) is 12.8. The molecular weight excluding hydrogens is 268 g/mol. The molecule has 1 fully saturated rings. The molecule has 0 saturated carbocycles. The van der Waals surface area contributed by atoms with E-state index >= 15 is 0 Å². The van der Waals surface area contributed by atoms with Crippen LogP contribution in [0.3, 0.4) is 0 Å². The Morgan fingerprint density at radius 3 is 2.86 bits per heavy atom. The highest BCUT2D eigenvalue weighted by Gasteiger charge is 2.22. The molecule has 2 heterocycles. The number of rotatable bonds is 7. The van der Waals surface area contributed by atoms with Crippen molar-refractivity contribution in [2.24, 2.45) is 0 Å². The van der Waals surface area contributed by atoms with Crippen molar-refractivity contribution in [1.29, 1.82) is 0 Å². The van der Waals surface area contributed by atoms with E-state index in [1.165, 1.54) is 12.8 Å². The van der Waals surface area contributed by atoms with E-state index in [0.29, 0.717) is 6.61 Å². The first-order valence-corrected chi connectivity index (χ1v) is 7.73. The number of ether oxygens (including phenoxy) is 1. The molecule has 0 bridgehead atoms. The highest BCUT2D eigenvalue weighted by Crippen LogP contribution is 2.20. The van der Waals surface area contributed by atoms with Gasteiger partial charge in [0.2, 0.25) is 5.95 Å². The monoisotopic (exact) mass is 294 g/mol. The highest BCUT2D eigenvalue weighted by molar-refractivity contribution is 5.32. The van der Waals surface area contributed by atoms with E-state index < -0.39 is 0 Å². The van der Waals surface area contributed by atoms with Crippen LogP contribution < -0.4 is 10.2 Å². The van der Waals surface area contributed by atoms with Crippen molar-refractivity contribution in [1.82, 2.24) is 15.3 Å². The van der Waals surface area contributed by atoms with Crippen molar-refractivity contribution in [3.63, 3.8) is 0 Å². The minimum Gasteiger partial charge on any atom is -0.394 e. The molecule has 118 valence electrons. The van der Waals surface area contributed by atoms with Crippen molar-refractivity contribution >= 4 is 5.95 Å². The molecule has 1 saturated heterocycles. The summed E-state index contributed by atoms with van der Waals surface area (Å²) in [5.41, 5.74) is 1.06. The van der Waals surface area contributed by atoms with E-state index in [-0.39, 0.29) is 12.6 Å². The van der Waals surface area contributed by atoms with Crippen molar-refractivity contribution in [3.05, 3.63) is 18.0 Å². The van der Waals surface area contributed by atoms with Gasteiger partial charge < -0.3 is 20.1 Å². The summed E-state index contributed by atoms with van der Waals surface area (Å²) in [7, 11) is 1.69. The molecule has 0 aliphatic carbocycles. The topological polar surface area (TPSA) is 70.5 Å². The normalized spacial score (nSPS) is 19.5. The first-order chi connectivity index (χ1) is 10.3. The average Bonchev–Trinajstić information content (AvgIpc) is 2.77. The molecule has 1 aromatic heterocycles. The van der Waals surface area contributed by atoms with Gasteiger partial charge in [-0.3, -0.25) is 0 Å². The van der Waals surface area contributed by atoms with Gasteiger partial charge in [-0.25, -0.2) is 9.97 Å². The summed E-state index contributed by atoms with van der Waals surface area (Å²) in [6.45, 7) is 3.36. The van der Waals surface area contributed by atoms with Crippen molar-refractivity contribution in [2.75, 3.05) is 38.3 Å². The van der Waals surface area contributed by atoms with Crippen LogP contribution in [0, 0.1) is 0 Å². The van der Waals surface area contributed by atoms with Crippen LogP contribution in [-0.2, 0) is 11.3 Å². The molecule has 1 aromatic rings. The maximum absolute atomic E-state index is 9.55. The number of aromatic nitrogens is 2. The Balaban J connectivity index is 1.93. The fraction of sp³-hybridized carbons (Fsp3) is 0.733. The van der Waals surface area contributed by atoms with Gasteiger partial charge in [0, 0.05) is 44.7 Å². The van der Waals surface area contributed by atoms with Gasteiger partial charge in [-0.1, -0.05) is 12.8 Å². The summed E-state index contributed by atoms with van der Waals surface area (Å²) >= 11 is 0. The molecule has 0 radical (unpaired) electrons. The number of hydrogen-bond acceptors (Lipinski definition) is 6. The van der Waals surface area contributed by atoms with Gasteiger partial charge in [0.25, 0.3) is 0 Å². The van der Waals surface area contributed by atoms with Crippen LogP contribution in [0.25, 0.3) is 0 Å². The number of nitrogens with one attached hydrogen (secondary N) is 1. The third kappa shape index (κ3) is 4.91. The maximum Gasteiger partial charge on any atom is 0.225 e. The minimum atomic E-state index is 0.151. The molecule has 0 aromatic carbocycles. The molecular formula is C15H26N4O2. The predicted molar refractivity (Wildman–Crippen MR) is 82.3 cm³/mol. The molecule has 1 aliphatic rings. The largest absolute Gasteiger partial charge is 0.394 e. The first kappa shape index (κ1) is 16.1. The second-order valence-electron chi connectivity index (χ2n) is 5.44. The molecule has 0 amide bonds. The van der Waals surface area contributed by atoms with Crippen LogP contribution >= 0.6 is 0 Å². The van der Waals surface area contributed by atoms with Crippen molar-refractivity contribution < 1.29 is 9.84 Å². The predicted octanol–water partition coefficient (Wildman–Crippen LogP) is 0.954. The molecule has 6 heteroatoms. The van der Waals surface area contributed by atoms with E-state index in [9.17, 15) is 5.11 Å². The average molecular weight is 294 g/mol. The Morgan fingerprint density at radius 2 is 2.14 bits per heavy atom. The van der Waals surface area contributed by atoms with Gasteiger partial charge in [-0.05, 0) is 12.8 Å². The smallest absolute Gasteiger partial charge is 0.225 e. The van der Waals surface area contributed by atoms with Gasteiger partial charge in [-0.2, -0.15) is 0 Å². The van der Waals surface area contributed by atoms with Gasteiger partial charge in [0.1, 0.15) is 0 Å². The molecule has 1 aliphatic heterocycles. The van der Waals surface area contributed by atoms with Gasteiger partial charge >= 0.3 is 0 Å². The first-order valence-electron chi connectivity index (χ1n) is 7.73. The molecule has 2 rings (SSSR count). The Labute approximate surface area is 126 Å². The number of aliphatic hydroxyl groups excluding tert-OH is 1. The van der Waals surface area contributed by atoms with Crippen LogP contribution in [0.5, 0.6) is 0 Å². The third-order valence-electron chi connectivity index (χ3n) is 3.85. The Bertz CT molecular complexity index is 399. The maximum atomic E-state index is 9.55. The summed E-state index contributed by atoms with van der Waals surface area (Å²) in [4.78, 5) is 11.1. The summed E-state index contributed by atoms with van der Waals surface area (Å²) < 4.78 is 4.99. The Kier molecular flexibility index (Phi) is 6.85. The lowest BCUT2D eigenvalue weighted by atomic mass is 10.1. The van der Waals surface area contributed by atoms with E-state index in [4.69, 9.17) is 4.74 Å². The van der Waals surface area contributed by atoms with Gasteiger partial charge in [0.15, 0.2) is 0 Å². The van der Waals surface area contributed by atoms with Crippen LogP contribution in [-0.4, -0.2) is 54.5 Å². The van der Waals surface area contributed by atoms with E-state index in [1.54, 1.807) is 7.11 Å². The van der Waals surface area contributed by atoms with E-state index in [1.807, 2.05) is 12.4 Å². The zero-order chi connectivity index (χ0) is 14.9. The number of methoxy groups -OCH3 is 1. The standard InChI is InChI=1S/C15H26N4O2/c1-21-8-6-16-9-13-10-17-15(18-11-13)19-7-4-2-3-5-14(19)12-20/h10-11,14,16,20H,2-9,12H2,1H3. The molecule has 6 nitrogen and oxygen atoms in total. The van der Waals surface area contributed by atoms with Gasteiger partial charge in [0.05, 0.1) is 19.3 Å². The van der Waals surface area contributed by atoms with E-state index in [2.05, 4.69) is 20.2 Å². The van der Waals surface area contributed by atoms with Crippen molar-refractivity contribution in [2.45, 2.75) is 38.3 Å². The Morgan fingerprint density at radius 1 is 1.33 bits per heavy atom. The van der Waals surface area contributed by atoms with E-state index in [0.717, 1.165) is 44.0 Å².